The standard InChI is InChI=1S/C24H22N6O3/c1-3-19(32)29(24(33)16-7-5-4-6-8-16)11-12-30-23-20(22(25)26-14-27-23)21(28-30)17-10-9-15(2)18(31)13-17/h3-10,13-14,31H,1,11-12H2,2H3,(H2,25,26,27). The van der Waals surface area contributed by atoms with Crippen LogP contribution in [0.15, 0.2) is 67.5 Å². The Balaban J connectivity index is 1.71. The zero-order chi connectivity index (χ0) is 23.5. The number of hydrogen-bond donors (Lipinski definition) is 2. The summed E-state index contributed by atoms with van der Waals surface area (Å²) in [6.45, 7) is 5.51. The van der Waals surface area contributed by atoms with E-state index in [1.54, 1.807) is 54.1 Å². The molecule has 0 aliphatic heterocycles. The number of fused-ring (bicyclic) bond motifs is 1. The maximum Gasteiger partial charge on any atom is 0.260 e. The molecular weight excluding hydrogens is 420 g/mol. The van der Waals surface area contributed by atoms with Crippen molar-refractivity contribution in [1.29, 1.82) is 0 Å². The number of aryl methyl sites for hydroxylation is 1. The Kier molecular flexibility index (Phi) is 5.86. The van der Waals surface area contributed by atoms with Gasteiger partial charge in [0, 0.05) is 17.7 Å². The molecule has 0 aliphatic rings. The van der Waals surface area contributed by atoms with Crippen molar-refractivity contribution in [3.05, 3.63) is 78.6 Å². The molecule has 0 saturated heterocycles. The predicted octanol–water partition coefficient (Wildman–Crippen LogP) is 2.94. The summed E-state index contributed by atoms with van der Waals surface area (Å²) in [5, 5.41) is 15.3. The number of aromatic nitrogens is 4. The highest BCUT2D eigenvalue weighted by Gasteiger charge is 2.23. The Morgan fingerprint density at radius 3 is 2.64 bits per heavy atom. The maximum absolute atomic E-state index is 12.9. The molecule has 33 heavy (non-hydrogen) atoms. The van der Waals surface area contributed by atoms with Crippen molar-refractivity contribution in [1.82, 2.24) is 24.6 Å². The molecule has 0 fully saturated rings. The summed E-state index contributed by atoms with van der Waals surface area (Å²) in [6, 6.07) is 13.7. The molecule has 2 aromatic carbocycles. The third-order valence-electron chi connectivity index (χ3n) is 5.28. The smallest absolute Gasteiger partial charge is 0.260 e. The summed E-state index contributed by atoms with van der Waals surface area (Å²) in [5.41, 5.74) is 8.83. The van der Waals surface area contributed by atoms with Gasteiger partial charge in [-0.25, -0.2) is 14.6 Å². The van der Waals surface area contributed by atoms with Gasteiger partial charge in [-0.3, -0.25) is 14.5 Å². The Morgan fingerprint density at radius 1 is 1.18 bits per heavy atom. The van der Waals surface area contributed by atoms with Crippen LogP contribution in [-0.4, -0.2) is 48.1 Å². The van der Waals surface area contributed by atoms with E-state index in [2.05, 4.69) is 21.6 Å². The van der Waals surface area contributed by atoms with E-state index in [-0.39, 0.29) is 24.7 Å². The quantitative estimate of drug-likeness (QED) is 0.440. The lowest BCUT2D eigenvalue weighted by molar-refractivity contribution is -0.123. The first-order valence-corrected chi connectivity index (χ1v) is 10.2. The molecule has 2 aromatic heterocycles. The SMILES string of the molecule is C=CC(=O)N(CCn1nc(-c2ccc(C)c(O)c2)c2c(N)ncnc21)C(=O)c1ccccc1. The number of benzene rings is 2. The van der Waals surface area contributed by atoms with Crippen LogP contribution in [0.4, 0.5) is 5.82 Å². The zero-order valence-electron chi connectivity index (χ0n) is 18.0. The number of amides is 2. The van der Waals surface area contributed by atoms with Gasteiger partial charge in [0.25, 0.3) is 11.8 Å². The van der Waals surface area contributed by atoms with Crippen molar-refractivity contribution in [3.63, 3.8) is 0 Å². The molecule has 0 radical (unpaired) electrons. The fourth-order valence-electron chi connectivity index (χ4n) is 3.50. The molecule has 0 spiro atoms. The number of anilines is 1. The van der Waals surface area contributed by atoms with Gasteiger partial charge in [0.05, 0.1) is 11.9 Å². The van der Waals surface area contributed by atoms with Crippen LogP contribution < -0.4 is 5.73 Å². The van der Waals surface area contributed by atoms with Crippen molar-refractivity contribution >= 4 is 28.7 Å². The van der Waals surface area contributed by atoms with Crippen molar-refractivity contribution in [3.8, 4) is 17.0 Å². The van der Waals surface area contributed by atoms with E-state index in [0.717, 1.165) is 16.5 Å². The summed E-state index contributed by atoms with van der Waals surface area (Å²) in [6.07, 6.45) is 2.43. The van der Waals surface area contributed by atoms with Gasteiger partial charge >= 0.3 is 0 Å². The van der Waals surface area contributed by atoms with E-state index < -0.39 is 11.8 Å². The summed E-state index contributed by atoms with van der Waals surface area (Å²) in [4.78, 5) is 34.9. The number of nitrogens with zero attached hydrogens (tertiary/aromatic N) is 5. The minimum absolute atomic E-state index is 0.0395. The largest absolute Gasteiger partial charge is 0.508 e. The van der Waals surface area contributed by atoms with Gasteiger partial charge in [-0.05, 0) is 36.8 Å². The van der Waals surface area contributed by atoms with Crippen molar-refractivity contribution in [2.24, 2.45) is 0 Å². The molecule has 166 valence electrons. The van der Waals surface area contributed by atoms with Gasteiger partial charge in [0.2, 0.25) is 0 Å². The fraction of sp³-hybridized carbons (Fsp3) is 0.125. The number of phenols is 1. The highest BCUT2D eigenvalue weighted by Crippen LogP contribution is 2.32. The second-order valence-electron chi connectivity index (χ2n) is 7.40. The summed E-state index contributed by atoms with van der Waals surface area (Å²) in [7, 11) is 0. The number of phenolic OH excluding ortho intramolecular Hbond substituents is 1. The molecule has 2 heterocycles. The van der Waals surface area contributed by atoms with Gasteiger partial charge in [0.15, 0.2) is 5.65 Å². The summed E-state index contributed by atoms with van der Waals surface area (Å²) >= 11 is 0. The normalized spacial score (nSPS) is 10.8. The topological polar surface area (TPSA) is 127 Å². The summed E-state index contributed by atoms with van der Waals surface area (Å²) in [5.74, 6) is -0.588. The van der Waals surface area contributed by atoms with Gasteiger partial charge in [-0.15, -0.1) is 0 Å². The average Bonchev–Trinajstić information content (AvgIpc) is 3.21. The number of hydrogen-bond acceptors (Lipinski definition) is 7. The number of nitrogens with two attached hydrogens (primary N) is 1. The van der Waals surface area contributed by atoms with E-state index in [9.17, 15) is 14.7 Å². The lowest BCUT2D eigenvalue weighted by atomic mass is 10.1. The second-order valence-corrected chi connectivity index (χ2v) is 7.40. The van der Waals surface area contributed by atoms with Crippen molar-refractivity contribution < 1.29 is 14.7 Å². The second kappa shape index (κ2) is 8.91. The molecule has 0 aliphatic carbocycles. The van der Waals surface area contributed by atoms with E-state index in [0.29, 0.717) is 27.9 Å². The van der Waals surface area contributed by atoms with Crippen LogP contribution in [0.25, 0.3) is 22.3 Å². The van der Waals surface area contributed by atoms with Gasteiger partial charge < -0.3 is 10.8 Å². The number of nitrogen functional groups attached to an aromatic ring is 1. The Labute approximate surface area is 189 Å². The molecule has 4 rings (SSSR count). The van der Waals surface area contributed by atoms with Crippen molar-refractivity contribution in [2.75, 3.05) is 12.3 Å². The molecule has 2 amide bonds. The molecular formula is C24H22N6O3. The van der Waals surface area contributed by atoms with Gasteiger partial charge in [0.1, 0.15) is 23.6 Å². The van der Waals surface area contributed by atoms with Crippen LogP contribution in [0.2, 0.25) is 0 Å². The third-order valence-corrected chi connectivity index (χ3v) is 5.28. The highest BCUT2D eigenvalue weighted by atomic mass is 16.3. The molecule has 9 heteroatoms. The number of aromatic hydroxyl groups is 1. The first kappa shape index (κ1) is 21.7. The molecule has 4 aromatic rings. The molecule has 0 saturated carbocycles. The van der Waals surface area contributed by atoms with Crippen LogP contribution in [0.5, 0.6) is 5.75 Å². The van der Waals surface area contributed by atoms with Gasteiger partial charge in [-0.1, -0.05) is 36.9 Å². The number of carbonyl (C=O) groups is 2. The summed E-state index contributed by atoms with van der Waals surface area (Å²) < 4.78 is 1.57. The Bertz CT molecular complexity index is 1360. The fourth-order valence-corrected chi connectivity index (χ4v) is 3.50. The molecule has 0 atom stereocenters. The Hall–Kier alpha value is -4.53. The molecule has 0 bridgehead atoms. The monoisotopic (exact) mass is 442 g/mol. The van der Waals surface area contributed by atoms with Crippen LogP contribution in [-0.2, 0) is 11.3 Å². The highest BCUT2D eigenvalue weighted by molar-refractivity contribution is 6.07. The number of rotatable bonds is 6. The third kappa shape index (κ3) is 4.16. The lowest BCUT2D eigenvalue weighted by Gasteiger charge is -2.19. The van der Waals surface area contributed by atoms with E-state index in [1.807, 2.05) is 6.07 Å². The molecule has 3 N–H and O–H groups in total. The van der Waals surface area contributed by atoms with E-state index in [1.165, 1.54) is 6.33 Å². The Morgan fingerprint density at radius 2 is 1.94 bits per heavy atom. The minimum atomic E-state index is -0.516. The van der Waals surface area contributed by atoms with E-state index >= 15 is 0 Å². The van der Waals surface area contributed by atoms with Crippen LogP contribution >= 0.6 is 0 Å². The van der Waals surface area contributed by atoms with Gasteiger partial charge in [-0.2, -0.15) is 5.10 Å². The average molecular weight is 442 g/mol. The first-order chi connectivity index (χ1) is 15.9. The molecule has 0 unspecified atom stereocenters. The predicted molar refractivity (Wildman–Crippen MR) is 124 cm³/mol. The van der Waals surface area contributed by atoms with Crippen molar-refractivity contribution in [2.45, 2.75) is 13.5 Å². The van der Waals surface area contributed by atoms with E-state index in [4.69, 9.17) is 5.73 Å². The molecule has 9 nitrogen and oxygen atoms in total. The number of carbonyl (C=O) groups excluding carboxylic acids is 2. The maximum atomic E-state index is 12.9. The zero-order valence-corrected chi connectivity index (χ0v) is 18.0. The lowest BCUT2D eigenvalue weighted by Crippen LogP contribution is -2.38. The first-order valence-electron chi connectivity index (χ1n) is 10.2. The number of imide groups is 1. The van der Waals surface area contributed by atoms with Crippen LogP contribution in [0.1, 0.15) is 15.9 Å². The van der Waals surface area contributed by atoms with Crippen LogP contribution in [0, 0.1) is 6.92 Å². The van der Waals surface area contributed by atoms with Crippen LogP contribution in [0.3, 0.4) is 0 Å². The minimum Gasteiger partial charge on any atom is -0.508 e.